The van der Waals surface area contributed by atoms with Crippen LogP contribution in [0.5, 0.6) is 5.75 Å². The summed E-state index contributed by atoms with van der Waals surface area (Å²) in [6.45, 7) is 4.27. The van der Waals surface area contributed by atoms with Crippen molar-refractivity contribution in [3.8, 4) is 5.75 Å². The van der Waals surface area contributed by atoms with E-state index in [1.165, 1.54) is 4.90 Å². The second-order valence-corrected chi connectivity index (χ2v) is 4.80. The lowest BCUT2D eigenvalue weighted by atomic mass is 9.84. The van der Waals surface area contributed by atoms with Crippen molar-refractivity contribution in [3.05, 3.63) is 24.3 Å². The molecule has 0 spiro atoms. The topological polar surface area (TPSA) is 55.8 Å². The molecule has 0 saturated carbocycles. The molecule has 0 aromatic heterocycles. The highest BCUT2D eigenvalue weighted by molar-refractivity contribution is 6.02. The molecule has 1 aromatic rings. The fraction of sp³-hybridized carbons (Fsp3) is 0.429. The Morgan fingerprint density at radius 1 is 1.26 bits per heavy atom. The van der Waals surface area contributed by atoms with Crippen LogP contribution in [0.15, 0.2) is 24.3 Å². The van der Waals surface area contributed by atoms with Crippen LogP contribution in [0.3, 0.4) is 0 Å². The van der Waals surface area contributed by atoms with Gasteiger partial charge in [-0.1, -0.05) is 13.8 Å². The predicted molar refractivity (Wildman–Crippen MR) is 69.7 cm³/mol. The first-order valence-corrected chi connectivity index (χ1v) is 6.16. The van der Waals surface area contributed by atoms with Crippen molar-refractivity contribution < 1.29 is 19.1 Å². The fourth-order valence-corrected chi connectivity index (χ4v) is 2.32. The maximum Gasteiger partial charge on any atom is 0.295 e. The number of carbonyl (C=O) groups is 2. The van der Waals surface area contributed by atoms with E-state index in [-0.39, 0.29) is 17.7 Å². The number of methoxy groups -OCH3 is 1. The van der Waals surface area contributed by atoms with E-state index in [9.17, 15) is 9.59 Å². The normalized spacial score (nSPS) is 22.1. The van der Waals surface area contributed by atoms with Gasteiger partial charge in [-0.15, -0.1) is 0 Å². The van der Waals surface area contributed by atoms with Gasteiger partial charge in [-0.3, -0.25) is 14.5 Å². The lowest BCUT2D eigenvalue weighted by molar-refractivity contribution is -0.155. The van der Waals surface area contributed by atoms with E-state index in [1.807, 2.05) is 13.8 Å². The van der Waals surface area contributed by atoms with Crippen molar-refractivity contribution in [2.24, 2.45) is 11.8 Å². The van der Waals surface area contributed by atoms with E-state index in [4.69, 9.17) is 9.47 Å². The molecule has 0 unspecified atom stereocenters. The van der Waals surface area contributed by atoms with Crippen LogP contribution in [0.1, 0.15) is 13.8 Å². The first-order valence-electron chi connectivity index (χ1n) is 6.16. The second-order valence-electron chi connectivity index (χ2n) is 4.80. The van der Waals surface area contributed by atoms with Gasteiger partial charge in [0.15, 0.2) is 6.23 Å². The minimum absolute atomic E-state index is 0.0213. The Morgan fingerprint density at radius 3 is 2.37 bits per heavy atom. The smallest absolute Gasteiger partial charge is 0.295 e. The molecule has 5 heteroatoms. The zero-order valence-electron chi connectivity index (χ0n) is 11.2. The number of hydrogen-bond donors (Lipinski definition) is 0. The fourth-order valence-electron chi connectivity index (χ4n) is 2.32. The minimum atomic E-state index is -0.515. The Morgan fingerprint density at radius 2 is 1.89 bits per heavy atom. The van der Waals surface area contributed by atoms with Crippen LogP contribution in [0.4, 0.5) is 5.69 Å². The molecule has 1 aliphatic rings. The van der Waals surface area contributed by atoms with Crippen LogP contribution in [0.25, 0.3) is 0 Å². The predicted octanol–water partition coefficient (Wildman–Crippen LogP) is 1.81. The molecule has 1 aliphatic heterocycles. The quantitative estimate of drug-likeness (QED) is 0.600. The zero-order valence-corrected chi connectivity index (χ0v) is 11.2. The van der Waals surface area contributed by atoms with Gasteiger partial charge in [0.1, 0.15) is 5.75 Å². The SMILES string of the molecule is COc1ccc(N2C(=O)[C@@H](C(C)C)[C@H]2OC=O)cc1. The van der Waals surface area contributed by atoms with Gasteiger partial charge >= 0.3 is 0 Å². The number of carbonyl (C=O) groups excluding carboxylic acids is 2. The highest BCUT2D eigenvalue weighted by Gasteiger charge is 2.51. The molecule has 1 fully saturated rings. The first-order chi connectivity index (χ1) is 9.10. The number of benzene rings is 1. The maximum absolute atomic E-state index is 12.1. The third-order valence-corrected chi connectivity index (χ3v) is 3.35. The second kappa shape index (κ2) is 5.30. The molecule has 0 radical (unpaired) electrons. The van der Waals surface area contributed by atoms with Crippen molar-refractivity contribution in [1.29, 1.82) is 0 Å². The number of hydrogen-bond acceptors (Lipinski definition) is 4. The molecule has 2 atom stereocenters. The van der Waals surface area contributed by atoms with Crippen molar-refractivity contribution in [3.63, 3.8) is 0 Å². The Kier molecular flexibility index (Phi) is 3.74. The standard InChI is InChI=1S/C14H17NO4/c1-9(2)12-13(17)15(14(12)19-8-16)10-4-6-11(18-3)7-5-10/h4-9,12,14H,1-3H3/t12-,14-/m1/s1. The molecule has 0 aliphatic carbocycles. The van der Waals surface area contributed by atoms with Gasteiger partial charge in [0.05, 0.1) is 13.0 Å². The van der Waals surface area contributed by atoms with Crippen molar-refractivity contribution in [2.75, 3.05) is 12.0 Å². The van der Waals surface area contributed by atoms with Gasteiger partial charge in [-0.25, -0.2) is 0 Å². The summed E-state index contributed by atoms with van der Waals surface area (Å²) in [5.41, 5.74) is 0.703. The zero-order chi connectivity index (χ0) is 14.0. The van der Waals surface area contributed by atoms with Crippen LogP contribution in [0, 0.1) is 11.8 Å². The third kappa shape index (κ3) is 2.28. The molecule has 0 bridgehead atoms. The van der Waals surface area contributed by atoms with E-state index in [1.54, 1.807) is 31.4 Å². The molecule has 1 heterocycles. The van der Waals surface area contributed by atoms with Gasteiger partial charge in [0.2, 0.25) is 5.91 Å². The average Bonchev–Trinajstić information content (AvgIpc) is 2.39. The Balaban J connectivity index is 2.22. The van der Waals surface area contributed by atoms with Crippen LogP contribution < -0.4 is 9.64 Å². The summed E-state index contributed by atoms with van der Waals surface area (Å²) >= 11 is 0. The molecular formula is C14H17NO4. The van der Waals surface area contributed by atoms with Crippen molar-refractivity contribution in [2.45, 2.75) is 20.1 Å². The van der Waals surface area contributed by atoms with Crippen molar-refractivity contribution >= 4 is 18.1 Å². The monoisotopic (exact) mass is 263 g/mol. The number of amides is 1. The molecule has 102 valence electrons. The number of anilines is 1. The summed E-state index contributed by atoms with van der Waals surface area (Å²) in [7, 11) is 1.58. The molecular weight excluding hydrogens is 246 g/mol. The largest absolute Gasteiger partial charge is 0.497 e. The van der Waals surface area contributed by atoms with Gasteiger partial charge in [0, 0.05) is 5.69 Å². The minimum Gasteiger partial charge on any atom is -0.497 e. The number of ether oxygens (including phenoxy) is 2. The Labute approximate surface area is 112 Å². The summed E-state index contributed by atoms with van der Waals surface area (Å²) in [6, 6.07) is 7.08. The maximum atomic E-state index is 12.1. The third-order valence-electron chi connectivity index (χ3n) is 3.35. The van der Waals surface area contributed by atoms with E-state index in [0.717, 1.165) is 0 Å². The number of β-lactam (4-membered cyclic amide) rings is 1. The summed E-state index contributed by atoms with van der Waals surface area (Å²) in [6.07, 6.45) is -0.515. The molecule has 1 saturated heterocycles. The summed E-state index contributed by atoms with van der Waals surface area (Å²) in [5.74, 6) is 0.552. The highest BCUT2D eigenvalue weighted by atomic mass is 16.5. The van der Waals surface area contributed by atoms with Crippen LogP contribution in [-0.4, -0.2) is 25.7 Å². The number of rotatable bonds is 5. The summed E-state index contributed by atoms with van der Waals surface area (Å²) in [4.78, 5) is 24.2. The van der Waals surface area contributed by atoms with Crippen LogP contribution >= 0.6 is 0 Å². The van der Waals surface area contributed by atoms with Crippen LogP contribution in [-0.2, 0) is 14.3 Å². The molecule has 0 N–H and O–H groups in total. The van der Waals surface area contributed by atoms with E-state index >= 15 is 0 Å². The first kappa shape index (κ1) is 13.4. The molecule has 2 rings (SSSR count). The Bertz CT molecular complexity index is 469. The van der Waals surface area contributed by atoms with Gasteiger partial charge in [-0.2, -0.15) is 0 Å². The summed E-state index contributed by atoms with van der Waals surface area (Å²) in [5, 5.41) is 0. The van der Waals surface area contributed by atoms with E-state index in [2.05, 4.69) is 0 Å². The van der Waals surface area contributed by atoms with Gasteiger partial charge in [-0.05, 0) is 30.2 Å². The Hall–Kier alpha value is -2.04. The molecule has 5 nitrogen and oxygen atoms in total. The molecule has 19 heavy (non-hydrogen) atoms. The molecule has 1 amide bonds. The van der Waals surface area contributed by atoms with Crippen LogP contribution in [0.2, 0.25) is 0 Å². The average molecular weight is 263 g/mol. The van der Waals surface area contributed by atoms with E-state index < -0.39 is 6.23 Å². The molecule has 1 aromatic carbocycles. The lowest BCUT2D eigenvalue weighted by Crippen LogP contribution is -2.64. The van der Waals surface area contributed by atoms with Crippen molar-refractivity contribution in [1.82, 2.24) is 0 Å². The van der Waals surface area contributed by atoms with E-state index in [0.29, 0.717) is 17.9 Å². The highest BCUT2D eigenvalue weighted by Crippen LogP contribution is 2.37. The van der Waals surface area contributed by atoms with Gasteiger partial charge < -0.3 is 9.47 Å². The summed E-state index contributed by atoms with van der Waals surface area (Å²) < 4.78 is 10.1. The van der Waals surface area contributed by atoms with Gasteiger partial charge in [0.25, 0.3) is 6.47 Å². The number of nitrogens with zero attached hydrogens (tertiary/aromatic N) is 1. The lowest BCUT2D eigenvalue weighted by Gasteiger charge is -2.46.